The molecule has 2 rings (SSSR count). The van der Waals surface area contributed by atoms with Crippen LogP contribution in [0.1, 0.15) is 36.0 Å². The van der Waals surface area contributed by atoms with Gasteiger partial charge in [0.15, 0.2) is 5.76 Å². The molecule has 0 bridgehead atoms. The first kappa shape index (κ1) is 22.6. The number of hydrogen-bond donors (Lipinski definition) is 1. The number of hydrogen-bond acceptors (Lipinski definition) is 9. The second kappa shape index (κ2) is 10.2. The smallest absolute Gasteiger partial charge is 0.342 e. The van der Waals surface area contributed by atoms with Crippen molar-refractivity contribution in [1.82, 2.24) is 0 Å². The minimum absolute atomic E-state index is 0.0500. The molecule has 1 aromatic rings. The molecule has 1 unspecified atom stereocenters. The predicted octanol–water partition coefficient (Wildman–Crippen LogP) is 1.97. The molecule has 1 atom stereocenters. The van der Waals surface area contributed by atoms with Crippen molar-refractivity contribution in [3.8, 4) is 6.07 Å². The summed E-state index contributed by atoms with van der Waals surface area (Å²) >= 11 is 0. The van der Waals surface area contributed by atoms with E-state index in [4.69, 9.17) is 29.4 Å². The number of carbonyl (C=O) groups excluding carboxylic acids is 2. The average molecular weight is 416 g/mol. The normalized spacial score (nSPS) is 15.8. The van der Waals surface area contributed by atoms with Crippen molar-refractivity contribution in [2.75, 3.05) is 27.9 Å². The lowest BCUT2D eigenvalue weighted by Gasteiger charge is -2.29. The van der Waals surface area contributed by atoms with Gasteiger partial charge in [-0.2, -0.15) is 5.26 Å². The molecule has 2 N–H and O–H groups in total. The maximum absolute atomic E-state index is 12.6. The summed E-state index contributed by atoms with van der Waals surface area (Å²) in [4.78, 5) is 24.4. The van der Waals surface area contributed by atoms with Gasteiger partial charge in [-0.15, -0.1) is 0 Å². The molecule has 0 aromatic heterocycles. The number of nitriles is 1. The van der Waals surface area contributed by atoms with Crippen LogP contribution in [0.3, 0.4) is 0 Å². The van der Waals surface area contributed by atoms with Crippen molar-refractivity contribution in [3.05, 3.63) is 58.1 Å². The summed E-state index contributed by atoms with van der Waals surface area (Å²) < 4.78 is 26.1. The number of esters is 2. The quantitative estimate of drug-likeness (QED) is 0.632. The van der Waals surface area contributed by atoms with Gasteiger partial charge < -0.3 is 29.4 Å². The van der Waals surface area contributed by atoms with Crippen LogP contribution in [0.4, 0.5) is 0 Å². The maximum atomic E-state index is 12.6. The second-order valence-corrected chi connectivity index (χ2v) is 6.29. The molecule has 0 amide bonds. The van der Waals surface area contributed by atoms with Crippen LogP contribution < -0.4 is 5.73 Å². The highest BCUT2D eigenvalue weighted by Gasteiger charge is 2.40. The third-order valence-electron chi connectivity index (χ3n) is 4.41. The standard InChI is InChI=1S/C21H24N2O7/c1-5-8-29-18-16(17(20(25)27-3)21(28-4)30-19(18)23)12-6-7-13(11-22)14(9-12)10-15(24)26-2/h6-7,9,16H,5,8,10,23H2,1-4H3. The summed E-state index contributed by atoms with van der Waals surface area (Å²) in [5, 5.41) is 9.39. The summed E-state index contributed by atoms with van der Waals surface area (Å²) in [6.07, 6.45) is 0.577. The van der Waals surface area contributed by atoms with Crippen molar-refractivity contribution in [2.24, 2.45) is 5.73 Å². The minimum Gasteiger partial charge on any atom is -0.491 e. The zero-order valence-electron chi connectivity index (χ0n) is 17.3. The van der Waals surface area contributed by atoms with E-state index in [2.05, 4.69) is 0 Å². The van der Waals surface area contributed by atoms with Gasteiger partial charge in [0.1, 0.15) is 5.57 Å². The molecule has 1 heterocycles. The number of carbonyl (C=O) groups is 2. The number of nitrogens with zero attached hydrogens (tertiary/aromatic N) is 1. The van der Waals surface area contributed by atoms with E-state index in [-0.39, 0.29) is 29.6 Å². The average Bonchev–Trinajstić information content (AvgIpc) is 2.76. The lowest BCUT2D eigenvalue weighted by Crippen LogP contribution is -2.28. The van der Waals surface area contributed by atoms with Crippen LogP contribution in [-0.2, 0) is 39.7 Å². The number of rotatable bonds is 8. The number of ether oxygens (including phenoxy) is 5. The van der Waals surface area contributed by atoms with Gasteiger partial charge in [-0.3, -0.25) is 4.79 Å². The zero-order chi connectivity index (χ0) is 22.3. The van der Waals surface area contributed by atoms with E-state index in [0.717, 1.165) is 0 Å². The topological polar surface area (TPSA) is 130 Å². The summed E-state index contributed by atoms with van der Waals surface area (Å²) in [5.41, 5.74) is 7.39. The Bertz CT molecular complexity index is 928. The highest BCUT2D eigenvalue weighted by Crippen LogP contribution is 2.41. The van der Waals surface area contributed by atoms with Gasteiger partial charge in [-0.1, -0.05) is 19.1 Å². The third kappa shape index (κ3) is 4.66. The fraction of sp³-hybridized carbons (Fsp3) is 0.381. The van der Waals surface area contributed by atoms with Crippen molar-refractivity contribution in [1.29, 1.82) is 5.26 Å². The lowest BCUT2D eigenvalue weighted by molar-refractivity contribution is -0.140. The first-order chi connectivity index (χ1) is 14.4. The Labute approximate surface area is 174 Å². The molecular weight excluding hydrogens is 392 g/mol. The Balaban J connectivity index is 2.69. The minimum atomic E-state index is -0.822. The molecule has 0 spiro atoms. The predicted molar refractivity (Wildman–Crippen MR) is 104 cm³/mol. The Morgan fingerprint density at radius 2 is 1.97 bits per heavy atom. The van der Waals surface area contributed by atoms with Gasteiger partial charge in [-0.05, 0) is 23.6 Å². The summed E-state index contributed by atoms with van der Waals surface area (Å²) in [5.74, 6) is -1.98. The lowest BCUT2D eigenvalue weighted by atomic mass is 9.86. The van der Waals surface area contributed by atoms with Crippen LogP contribution in [0.15, 0.2) is 41.4 Å². The molecule has 9 heteroatoms. The molecule has 0 saturated heterocycles. The van der Waals surface area contributed by atoms with E-state index >= 15 is 0 Å². The first-order valence-corrected chi connectivity index (χ1v) is 9.18. The summed E-state index contributed by atoms with van der Waals surface area (Å²) in [7, 11) is 3.83. The number of methoxy groups -OCH3 is 3. The molecule has 9 nitrogen and oxygen atoms in total. The Morgan fingerprint density at radius 1 is 1.23 bits per heavy atom. The van der Waals surface area contributed by atoms with Crippen molar-refractivity contribution < 1.29 is 33.3 Å². The van der Waals surface area contributed by atoms with E-state index in [1.165, 1.54) is 21.3 Å². The SMILES string of the molecule is CCCOC1=C(N)OC(OC)=C(C(=O)OC)C1c1ccc(C#N)c(CC(=O)OC)c1. The fourth-order valence-electron chi connectivity index (χ4n) is 3.02. The van der Waals surface area contributed by atoms with Crippen molar-refractivity contribution >= 4 is 11.9 Å². The molecule has 0 fully saturated rings. The number of benzene rings is 1. The zero-order valence-corrected chi connectivity index (χ0v) is 17.3. The highest BCUT2D eigenvalue weighted by molar-refractivity contribution is 5.91. The largest absolute Gasteiger partial charge is 0.491 e. The van der Waals surface area contributed by atoms with Gasteiger partial charge in [0.2, 0.25) is 5.88 Å². The van der Waals surface area contributed by atoms with Crippen molar-refractivity contribution in [3.63, 3.8) is 0 Å². The Kier molecular flexibility index (Phi) is 7.69. The molecule has 0 radical (unpaired) electrons. The Hall–Kier alpha value is -3.67. The maximum Gasteiger partial charge on any atom is 0.342 e. The second-order valence-electron chi connectivity index (χ2n) is 6.29. The van der Waals surface area contributed by atoms with E-state index in [9.17, 15) is 14.9 Å². The van der Waals surface area contributed by atoms with Gasteiger partial charge in [0.05, 0.1) is 51.9 Å². The van der Waals surface area contributed by atoms with Crippen LogP contribution in [0, 0.1) is 11.3 Å². The van der Waals surface area contributed by atoms with Crippen LogP contribution in [0.2, 0.25) is 0 Å². The molecule has 160 valence electrons. The van der Waals surface area contributed by atoms with Gasteiger partial charge >= 0.3 is 11.9 Å². The molecule has 0 saturated carbocycles. The summed E-state index contributed by atoms with van der Waals surface area (Å²) in [6, 6.07) is 6.88. The molecule has 1 aliphatic rings. The van der Waals surface area contributed by atoms with Crippen LogP contribution in [-0.4, -0.2) is 39.9 Å². The summed E-state index contributed by atoms with van der Waals surface area (Å²) in [6.45, 7) is 2.25. The number of allylic oxidation sites excluding steroid dienone is 1. The van der Waals surface area contributed by atoms with E-state index in [0.29, 0.717) is 29.7 Å². The van der Waals surface area contributed by atoms with Crippen LogP contribution >= 0.6 is 0 Å². The third-order valence-corrected chi connectivity index (χ3v) is 4.41. The van der Waals surface area contributed by atoms with Crippen LogP contribution in [0.5, 0.6) is 0 Å². The monoisotopic (exact) mass is 416 g/mol. The van der Waals surface area contributed by atoms with Crippen LogP contribution in [0.25, 0.3) is 0 Å². The van der Waals surface area contributed by atoms with Gasteiger partial charge in [0, 0.05) is 0 Å². The molecule has 30 heavy (non-hydrogen) atoms. The molecule has 0 aliphatic carbocycles. The van der Waals surface area contributed by atoms with E-state index in [1.807, 2.05) is 13.0 Å². The molecule has 1 aliphatic heterocycles. The van der Waals surface area contributed by atoms with Crippen molar-refractivity contribution in [2.45, 2.75) is 25.7 Å². The molecular formula is C21H24N2O7. The first-order valence-electron chi connectivity index (χ1n) is 9.18. The highest BCUT2D eigenvalue weighted by atomic mass is 16.7. The molecule has 1 aromatic carbocycles. The van der Waals surface area contributed by atoms with E-state index in [1.54, 1.807) is 18.2 Å². The fourth-order valence-corrected chi connectivity index (χ4v) is 3.02. The van der Waals surface area contributed by atoms with Gasteiger partial charge in [-0.25, -0.2) is 4.79 Å². The van der Waals surface area contributed by atoms with Gasteiger partial charge in [0.25, 0.3) is 5.95 Å². The van der Waals surface area contributed by atoms with E-state index < -0.39 is 17.9 Å². The Morgan fingerprint density at radius 3 is 2.53 bits per heavy atom. The number of nitrogens with two attached hydrogens (primary N) is 1.